The molecule has 0 aliphatic heterocycles. The highest BCUT2D eigenvalue weighted by Crippen LogP contribution is 2.37. The van der Waals surface area contributed by atoms with E-state index in [-0.39, 0.29) is 5.57 Å². The van der Waals surface area contributed by atoms with Gasteiger partial charge in [-0.3, -0.25) is 0 Å². The standard InChI is InChI=1S/C15H12BrN5S/c1-2-20-15-21-14(19)13(22-15)12(10(7-17)8-18)9-3-5-11(16)6-4-9/h3-6H,2,19H2,1H3,(H,20,21). The Hall–Kier alpha value is -2.35. The average molecular weight is 374 g/mol. The smallest absolute Gasteiger partial charge is 0.185 e. The van der Waals surface area contributed by atoms with Crippen molar-refractivity contribution in [3.05, 3.63) is 44.8 Å². The van der Waals surface area contributed by atoms with E-state index in [0.29, 0.717) is 27.9 Å². The van der Waals surface area contributed by atoms with Crippen molar-refractivity contribution in [2.24, 2.45) is 0 Å². The van der Waals surface area contributed by atoms with Crippen LogP contribution >= 0.6 is 27.3 Å². The van der Waals surface area contributed by atoms with E-state index in [2.05, 4.69) is 26.2 Å². The minimum absolute atomic E-state index is 0.0146. The lowest BCUT2D eigenvalue weighted by Crippen LogP contribution is -1.96. The first kappa shape index (κ1) is 16.0. The second kappa shape index (κ2) is 7.08. The second-order valence-electron chi connectivity index (χ2n) is 4.24. The van der Waals surface area contributed by atoms with Gasteiger partial charge >= 0.3 is 0 Å². The number of nitrogens with zero attached hydrogens (tertiary/aromatic N) is 3. The number of benzene rings is 1. The third-order valence-electron chi connectivity index (χ3n) is 2.81. The highest BCUT2D eigenvalue weighted by atomic mass is 79.9. The minimum Gasteiger partial charge on any atom is -0.382 e. The van der Waals surface area contributed by atoms with Crippen LogP contribution in [0.3, 0.4) is 0 Å². The van der Waals surface area contributed by atoms with Gasteiger partial charge in [0, 0.05) is 16.6 Å². The summed E-state index contributed by atoms with van der Waals surface area (Å²) < 4.78 is 0.914. The Balaban J connectivity index is 2.66. The van der Waals surface area contributed by atoms with Crippen molar-refractivity contribution >= 4 is 43.8 Å². The molecule has 0 atom stereocenters. The molecule has 2 rings (SSSR count). The van der Waals surface area contributed by atoms with Crippen molar-refractivity contribution in [2.45, 2.75) is 6.92 Å². The number of nitrogen functional groups attached to an aromatic ring is 1. The van der Waals surface area contributed by atoms with Crippen LogP contribution in [0.4, 0.5) is 10.9 Å². The highest BCUT2D eigenvalue weighted by molar-refractivity contribution is 9.10. The number of allylic oxidation sites excluding steroid dienone is 1. The third kappa shape index (κ3) is 3.28. The third-order valence-corrected chi connectivity index (χ3v) is 4.39. The monoisotopic (exact) mass is 373 g/mol. The van der Waals surface area contributed by atoms with Crippen LogP contribution in [0.1, 0.15) is 17.4 Å². The molecule has 0 spiro atoms. The lowest BCUT2D eigenvalue weighted by molar-refractivity contribution is 1.19. The molecular weight excluding hydrogens is 362 g/mol. The molecular formula is C15H12BrN5S. The summed E-state index contributed by atoms with van der Waals surface area (Å²) in [5, 5.41) is 22.3. The van der Waals surface area contributed by atoms with Crippen LogP contribution in [0, 0.1) is 22.7 Å². The van der Waals surface area contributed by atoms with Crippen LogP contribution in [0.5, 0.6) is 0 Å². The zero-order valence-corrected chi connectivity index (χ0v) is 14.1. The number of anilines is 2. The Kier molecular flexibility index (Phi) is 5.16. The van der Waals surface area contributed by atoms with Crippen LogP contribution in [0.2, 0.25) is 0 Å². The molecule has 7 heteroatoms. The van der Waals surface area contributed by atoms with Crippen LogP contribution in [-0.2, 0) is 0 Å². The summed E-state index contributed by atoms with van der Waals surface area (Å²) in [5.74, 6) is 0.307. The molecule has 110 valence electrons. The molecule has 3 N–H and O–H groups in total. The van der Waals surface area contributed by atoms with E-state index < -0.39 is 0 Å². The number of rotatable bonds is 4. The number of nitriles is 2. The molecule has 0 radical (unpaired) electrons. The lowest BCUT2D eigenvalue weighted by Gasteiger charge is -2.06. The van der Waals surface area contributed by atoms with Gasteiger partial charge in [0.2, 0.25) is 0 Å². The molecule has 1 heterocycles. The molecule has 0 amide bonds. The van der Waals surface area contributed by atoms with E-state index in [1.807, 2.05) is 43.3 Å². The molecule has 22 heavy (non-hydrogen) atoms. The van der Waals surface area contributed by atoms with E-state index >= 15 is 0 Å². The van der Waals surface area contributed by atoms with Gasteiger partial charge in [-0.2, -0.15) is 10.5 Å². The van der Waals surface area contributed by atoms with Gasteiger partial charge in [0.25, 0.3) is 0 Å². The average Bonchev–Trinajstić information content (AvgIpc) is 2.86. The number of thiazole rings is 1. The zero-order valence-electron chi connectivity index (χ0n) is 11.7. The number of nitrogens with two attached hydrogens (primary N) is 1. The molecule has 0 unspecified atom stereocenters. The first-order valence-corrected chi connectivity index (χ1v) is 8.02. The zero-order chi connectivity index (χ0) is 16.1. The quantitative estimate of drug-likeness (QED) is 0.794. The maximum absolute atomic E-state index is 9.26. The summed E-state index contributed by atoms with van der Waals surface area (Å²) in [5.41, 5.74) is 7.26. The van der Waals surface area contributed by atoms with Crippen LogP contribution in [0.25, 0.3) is 5.57 Å². The first-order chi connectivity index (χ1) is 10.6. The molecule has 5 nitrogen and oxygen atoms in total. The Morgan fingerprint density at radius 3 is 2.50 bits per heavy atom. The van der Waals surface area contributed by atoms with Gasteiger partial charge in [-0.05, 0) is 24.6 Å². The number of hydrogen-bond acceptors (Lipinski definition) is 6. The molecule has 2 aromatic rings. The Morgan fingerprint density at radius 2 is 1.95 bits per heavy atom. The van der Waals surface area contributed by atoms with Crippen molar-refractivity contribution < 1.29 is 0 Å². The van der Waals surface area contributed by atoms with Gasteiger partial charge < -0.3 is 11.1 Å². The number of nitrogens with one attached hydrogen (secondary N) is 1. The predicted octanol–water partition coefficient (Wildman–Crippen LogP) is 3.77. The Morgan fingerprint density at radius 1 is 1.32 bits per heavy atom. The van der Waals surface area contributed by atoms with Gasteiger partial charge in [-0.15, -0.1) is 0 Å². The summed E-state index contributed by atoms with van der Waals surface area (Å²) in [6, 6.07) is 11.3. The van der Waals surface area contributed by atoms with Gasteiger partial charge in [-0.25, -0.2) is 4.98 Å². The topological polar surface area (TPSA) is 98.5 Å². The van der Waals surface area contributed by atoms with Crippen molar-refractivity contribution in [1.82, 2.24) is 4.98 Å². The molecule has 1 aromatic carbocycles. The fraction of sp³-hybridized carbons (Fsp3) is 0.133. The SMILES string of the molecule is CCNc1nc(N)c(C(=C(C#N)C#N)c2ccc(Br)cc2)s1. The maximum atomic E-state index is 9.26. The van der Waals surface area contributed by atoms with Crippen LogP contribution in [-0.4, -0.2) is 11.5 Å². The van der Waals surface area contributed by atoms with E-state index in [9.17, 15) is 10.5 Å². The van der Waals surface area contributed by atoms with E-state index in [0.717, 1.165) is 10.0 Å². The maximum Gasteiger partial charge on any atom is 0.185 e. The summed E-state index contributed by atoms with van der Waals surface area (Å²) in [6.07, 6.45) is 0. The molecule has 0 bridgehead atoms. The van der Waals surface area contributed by atoms with E-state index in [4.69, 9.17) is 5.73 Å². The predicted molar refractivity (Wildman–Crippen MR) is 92.1 cm³/mol. The second-order valence-corrected chi connectivity index (χ2v) is 6.16. The normalized spacial score (nSPS) is 9.64. The molecule has 0 fully saturated rings. The van der Waals surface area contributed by atoms with Gasteiger partial charge in [-0.1, -0.05) is 39.4 Å². The van der Waals surface area contributed by atoms with E-state index in [1.54, 1.807) is 0 Å². The lowest BCUT2D eigenvalue weighted by atomic mass is 9.99. The fourth-order valence-electron chi connectivity index (χ4n) is 1.88. The molecule has 0 saturated heterocycles. The van der Waals surface area contributed by atoms with Crippen molar-refractivity contribution in [3.63, 3.8) is 0 Å². The minimum atomic E-state index is 0.0146. The summed E-state index contributed by atoms with van der Waals surface area (Å²) in [4.78, 5) is 4.86. The van der Waals surface area contributed by atoms with Crippen molar-refractivity contribution in [1.29, 1.82) is 10.5 Å². The first-order valence-electron chi connectivity index (χ1n) is 6.41. The molecule has 0 aliphatic carbocycles. The number of hydrogen-bond donors (Lipinski definition) is 2. The largest absolute Gasteiger partial charge is 0.382 e. The number of aromatic nitrogens is 1. The Labute approximate surface area is 140 Å². The van der Waals surface area contributed by atoms with E-state index in [1.165, 1.54) is 11.3 Å². The molecule has 1 aromatic heterocycles. The van der Waals surface area contributed by atoms with Crippen molar-refractivity contribution in [2.75, 3.05) is 17.6 Å². The molecule has 0 saturated carbocycles. The van der Waals surface area contributed by atoms with Crippen LogP contribution < -0.4 is 11.1 Å². The van der Waals surface area contributed by atoms with Gasteiger partial charge in [0.15, 0.2) is 5.13 Å². The summed E-state index contributed by atoms with van der Waals surface area (Å²) in [7, 11) is 0. The fourth-order valence-corrected chi connectivity index (χ4v) is 3.17. The van der Waals surface area contributed by atoms with Crippen LogP contribution in [0.15, 0.2) is 34.3 Å². The summed E-state index contributed by atoms with van der Waals surface area (Å²) in [6.45, 7) is 2.67. The number of halogens is 1. The summed E-state index contributed by atoms with van der Waals surface area (Å²) >= 11 is 4.70. The highest BCUT2D eigenvalue weighted by Gasteiger charge is 2.19. The Bertz CT molecular complexity index is 777. The van der Waals surface area contributed by atoms with Gasteiger partial charge in [0.05, 0.1) is 4.88 Å². The molecule has 0 aliphatic rings. The van der Waals surface area contributed by atoms with Crippen molar-refractivity contribution in [3.8, 4) is 12.1 Å². The van der Waals surface area contributed by atoms with Gasteiger partial charge in [0.1, 0.15) is 23.5 Å².